The summed E-state index contributed by atoms with van der Waals surface area (Å²) in [6.07, 6.45) is 0. The van der Waals surface area contributed by atoms with Crippen molar-refractivity contribution in [1.82, 2.24) is 20.2 Å². The number of halogens is 1. The molecule has 0 saturated heterocycles. The van der Waals surface area contributed by atoms with E-state index in [1.807, 2.05) is 25.1 Å². The second kappa shape index (κ2) is 5.58. The lowest BCUT2D eigenvalue weighted by Crippen LogP contribution is -2.15. The van der Waals surface area contributed by atoms with Gasteiger partial charge in [0.25, 0.3) is 11.9 Å². The van der Waals surface area contributed by atoms with Crippen molar-refractivity contribution in [2.45, 2.75) is 6.92 Å². The molecule has 4 rings (SSSR count). The van der Waals surface area contributed by atoms with Crippen molar-refractivity contribution >= 4 is 45.5 Å². The largest absolute Gasteiger partial charge is 0.337 e. The van der Waals surface area contributed by atoms with Gasteiger partial charge in [0, 0.05) is 5.39 Å². The zero-order chi connectivity index (χ0) is 16.7. The number of anilines is 1. The Morgan fingerprint density at radius 2 is 1.96 bits per heavy atom. The number of nitrogens with zero attached hydrogens (tertiary/aromatic N) is 3. The highest BCUT2D eigenvalue weighted by Gasteiger charge is 2.14. The van der Waals surface area contributed by atoms with E-state index in [0.29, 0.717) is 21.7 Å². The number of hydrogen-bond donors (Lipinski definition) is 2. The van der Waals surface area contributed by atoms with Gasteiger partial charge in [-0.3, -0.25) is 10.1 Å². The molecule has 0 saturated carbocycles. The van der Waals surface area contributed by atoms with Crippen LogP contribution in [0.5, 0.6) is 0 Å². The van der Waals surface area contributed by atoms with Crippen molar-refractivity contribution in [3.8, 4) is 0 Å². The maximum absolute atomic E-state index is 12.3. The monoisotopic (exact) mass is 337 g/mol. The molecule has 2 aromatic carbocycles. The lowest BCUT2D eigenvalue weighted by atomic mass is 10.1. The molecule has 0 fully saturated rings. The molecule has 118 valence electrons. The van der Waals surface area contributed by atoms with Gasteiger partial charge in [-0.15, -0.1) is 10.2 Å². The van der Waals surface area contributed by atoms with Gasteiger partial charge in [0.15, 0.2) is 5.65 Å². The van der Waals surface area contributed by atoms with E-state index in [1.54, 1.807) is 24.3 Å². The Morgan fingerprint density at radius 1 is 1.12 bits per heavy atom. The first kappa shape index (κ1) is 14.6. The number of aryl methyl sites for hydroxylation is 1. The second-order valence-electron chi connectivity index (χ2n) is 5.39. The number of H-pyrrole nitrogens is 1. The number of amides is 1. The van der Waals surface area contributed by atoms with E-state index in [2.05, 4.69) is 25.5 Å². The van der Waals surface area contributed by atoms with Gasteiger partial charge in [-0.25, -0.2) is 0 Å². The molecule has 2 N–H and O–H groups in total. The van der Waals surface area contributed by atoms with Crippen LogP contribution in [0.3, 0.4) is 0 Å². The smallest absolute Gasteiger partial charge is 0.259 e. The molecule has 0 atom stereocenters. The van der Waals surface area contributed by atoms with Crippen LogP contribution in [0, 0.1) is 6.92 Å². The molecule has 0 spiro atoms. The molecule has 0 aliphatic carbocycles. The SMILES string of the molecule is Cc1cccc2c1[nH]c1nc(NC(=O)c3ccccc3Cl)nnc12. The fourth-order valence-electron chi connectivity index (χ4n) is 2.61. The summed E-state index contributed by atoms with van der Waals surface area (Å²) in [5.74, 6) is -0.259. The average molecular weight is 338 g/mol. The highest BCUT2D eigenvalue weighted by atomic mass is 35.5. The highest BCUT2D eigenvalue weighted by molar-refractivity contribution is 6.34. The molecule has 4 aromatic rings. The number of hydrogen-bond acceptors (Lipinski definition) is 4. The van der Waals surface area contributed by atoms with Crippen molar-refractivity contribution in [3.63, 3.8) is 0 Å². The van der Waals surface area contributed by atoms with Gasteiger partial charge in [0.2, 0.25) is 0 Å². The lowest BCUT2D eigenvalue weighted by Gasteiger charge is -2.04. The van der Waals surface area contributed by atoms with Gasteiger partial charge in [-0.2, -0.15) is 4.98 Å². The minimum Gasteiger partial charge on any atom is -0.337 e. The summed E-state index contributed by atoms with van der Waals surface area (Å²) in [6.45, 7) is 2.01. The molecule has 7 heteroatoms. The molecule has 1 amide bonds. The van der Waals surface area contributed by atoms with Crippen LogP contribution >= 0.6 is 11.6 Å². The average Bonchev–Trinajstić information content (AvgIpc) is 2.94. The maximum atomic E-state index is 12.3. The van der Waals surface area contributed by atoms with Crippen molar-refractivity contribution in [2.24, 2.45) is 0 Å². The molecule has 6 nitrogen and oxygen atoms in total. The van der Waals surface area contributed by atoms with Gasteiger partial charge in [-0.1, -0.05) is 41.9 Å². The highest BCUT2D eigenvalue weighted by Crippen LogP contribution is 2.25. The Balaban J connectivity index is 1.73. The minimum absolute atomic E-state index is 0.122. The predicted octanol–water partition coefficient (Wildman–Crippen LogP) is 3.72. The Morgan fingerprint density at radius 3 is 2.79 bits per heavy atom. The summed E-state index contributed by atoms with van der Waals surface area (Å²) in [5, 5.41) is 12.1. The number of carbonyl (C=O) groups is 1. The third-order valence-corrected chi connectivity index (χ3v) is 4.13. The third kappa shape index (κ3) is 2.37. The van der Waals surface area contributed by atoms with Crippen LogP contribution in [0.25, 0.3) is 22.1 Å². The van der Waals surface area contributed by atoms with E-state index in [1.165, 1.54) is 0 Å². The van der Waals surface area contributed by atoms with Crippen molar-refractivity contribution in [2.75, 3.05) is 5.32 Å². The van der Waals surface area contributed by atoms with Crippen LogP contribution in [0.4, 0.5) is 5.95 Å². The van der Waals surface area contributed by atoms with Crippen LogP contribution in [0.2, 0.25) is 5.02 Å². The second-order valence-corrected chi connectivity index (χ2v) is 5.80. The zero-order valence-electron chi connectivity index (χ0n) is 12.7. The van der Waals surface area contributed by atoms with Crippen molar-refractivity contribution < 1.29 is 4.79 Å². The quantitative estimate of drug-likeness (QED) is 0.584. The Labute approximate surface area is 141 Å². The molecule has 0 radical (unpaired) electrons. The number of para-hydroxylation sites is 1. The minimum atomic E-state index is -0.381. The number of aromatic nitrogens is 4. The Hall–Kier alpha value is -2.99. The topological polar surface area (TPSA) is 83.6 Å². The first-order chi connectivity index (χ1) is 11.6. The first-order valence-corrected chi connectivity index (χ1v) is 7.69. The van der Waals surface area contributed by atoms with E-state index >= 15 is 0 Å². The Bertz CT molecular complexity index is 1090. The van der Waals surface area contributed by atoms with E-state index in [4.69, 9.17) is 11.6 Å². The van der Waals surface area contributed by atoms with Crippen LogP contribution in [0.15, 0.2) is 42.5 Å². The van der Waals surface area contributed by atoms with Crippen molar-refractivity contribution in [3.05, 3.63) is 58.6 Å². The summed E-state index contributed by atoms with van der Waals surface area (Å²) < 4.78 is 0. The van der Waals surface area contributed by atoms with Gasteiger partial charge in [0.05, 0.1) is 16.1 Å². The summed E-state index contributed by atoms with van der Waals surface area (Å²) in [7, 11) is 0. The van der Waals surface area contributed by atoms with Gasteiger partial charge in [-0.05, 0) is 24.6 Å². The first-order valence-electron chi connectivity index (χ1n) is 7.31. The van der Waals surface area contributed by atoms with Gasteiger partial charge < -0.3 is 4.98 Å². The van der Waals surface area contributed by atoms with Gasteiger partial charge in [0.1, 0.15) is 5.52 Å². The molecular formula is C17H12ClN5O. The molecule has 24 heavy (non-hydrogen) atoms. The third-order valence-electron chi connectivity index (χ3n) is 3.80. The molecule has 0 bridgehead atoms. The number of aromatic amines is 1. The number of benzene rings is 2. The van der Waals surface area contributed by atoms with Gasteiger partial charge >= 0.3 is 0 Å². The van der Waals surface area contributed by atoms with E-state index in [-0.39, 0.29) is 11.9 Å². The van der Waals surface area contributed by atoms with Crippen LogP contribution in [0.1, 0.15) is 15.9 Å². The summed E-state index contributed by atoms with van der Waals surface area (Å²) >= 11 is 6.03. The molecule has 0 unspecified atom stereocenters. The molecule has 0 aliphatic heterocycles. The zero-order valence-corrected chi connectivity index (χ0v) is 13.4. The van der Waals surface area contributed by atoms with Crippen molar-refractivity contribution in [1.29, 1.82) is 0 Å². The molecular weight excluding hydrogens is 326 g/mol. The lowest BCUT2D eigenvalue weighted by molar-refractivity contribution is 0.102. The molecule has 2 heterocycles. The molecule has 2 aromatic heterocycles. The van der Waals surface area contributed by atoms with E-state index < -0.39 is 0 Å². The normalized spacial score (nSPS) is 11.1. The molecule has 0 aliphatic rings. The number of rotatable bonds is 2. The van der Waals surface area contributed by atoms with E-state index in [0.717, 1.165) is 16.5 Å². The number of nitrogens with one attached hydrogen (secondary N) is 2. The van der Waals surface area contributed by atoms with E-state index in [9.17, 15) is 4.79 Å². The fraction of sp³-hybridized carbons (Fsp3) is 0.0588. The standard InChI is InChI=1S/C17H12ClN5O/c1-9-5-4-7-11-13(9)19-15-14(11)22-23-17(20-15)21-16(24)10-6-2-3-8-12(10)18/h2-8H,1H3,(H2,19,20,21,23,24). The summed E-state index contributed by atoms with van der Waals surface area (Å²) in [5.41, 5.74) is 3.65. The maximum Gasteiger partial charge on any atom is 0.259 e. The fourth-order valence-corrected chi connectivity index (χ4v) is 2.83. The Kier molecular flexibility index (Phi) is 3.39. The van der Waals surface area contributed by atoms with Crippen LogP contribution in [-0.4, -0.2) is 26.1 Å². The van der Waals surface area contributed by atoms with Crippen LogP contribution < -0.4 is 5.32 Å². The predicted molar refractivity (Wildman–Crippen MR) is 93.3 cm³/mol. The number of fused-ring (bicyclic) bond motifs is 3. The number of carbonyl (C=O) groups excluding carboxylic acids is 1. The summed E-state index contributed by atoms with van der Waals surface area (Å²) in [6, 6.07) is 12.7. The summed E-state index contributed by atoms with van der Waals surface area (Å²) in [4.78, 5) is 19.8. The van der Waals surface area contributed by atoms with Crippen LogP contribution in [-0.2, 0) is 0 Å².